The normalized spacial score (nSPS) is 15.2. The van der Waals surface area contributed by atoms with Gasteiger partial charge in [0.05, 0.1) is 0 Å². The first-order valence-electron chi connectivity index (χ1n) is 8.82. The number of benzene rings is 4. The first-order chi connectivity index (χ1) is 12.9. The molecule has 4 aromatic carbocycles. The van der Waals surface area contributed by atoms with E-state index in [1.54, 1.807) is 0 Å². The molecule has 4 aromatic rings. The predicted octanol–water partition coefficient (Wildman–Crippen LogP) is 6.59. The van der Waals surface area contributed by atoms with Crippen LogP contribution in [0.1, 0.15) is 22.6 Å². The van der Waals surface area contributed by atoms with E-state index >= 15 is 0 Å². The molecule has 0 aromatic heterocycles. The summed E-state index contributed by atoms with van der Waals surface area (Å²) >= 11 is 0. The van der Waals surface area contributed by atoms with Gasteiger partial charge in [-0.25, -0.2) is 0 Å². The Balaban J connectivity index is 1.49. The minimum atomic E-state index is 0.272. The number of allylic oxidation sites excluding steroid dienone is 1. The van der Waals surface area contributed by atoms with E-state index in [4.69, 9.17) is 4.74 Å². The van der Waals surface area contributed by atoms with E-state index in [9.17, 15) is 0 Å². The first kappa shape index (κ1) is 15.0. The largest absolute Gasteiger partial charge is 0.457 e. The van der Waals surface area contributed by atoms with Gasteiger partial charge in [-0.2, -0.15) is 0 Å². The smallest absolute Gasteiger partial charge is 0.127 e. The van der Waals surface area contributed by atoms with Crippen molar-refractivity contribution in [1.29, 1.82) is 0 Å². The van der Waals surface area contributed by atoms with Gasteiger partial charge in [-0.1, -0.05) is 72.8 Å². The molecule has 0 fully saturated rings. The van der Waals surface area contributed by atoms with Gasteiger partial charge in [0, 0.05) is 5.92 Å². The first-order valence-corrected chi connectivity index (χ1v) is 8.82. The van der Waals surface area contributed by atoms with Crippen molar-refractivity contribution in [3.8, 4) is 11.5 Å². The van der Waals surface area contributed by atoms with Gasteiger partial charge in [0.1, 0.15) is 11.5 Å². The molecule has 0 saturated carbocycles. The lowest BCUT2D eigenvalue weighted by Crippen LogP contribution is -2.03. The predicted molar refractivity (Wildman–Crippen MR) is 107 cm³/mol. The third-order valence-corrected chi connectivity index (χ3v) is 4.94. The Morgan fingerprint density at radius 1 is 0.731 bits per heavy atom. The van der Waals surface area contributed by atoms with Crippen molar-refractivity contribution in [1.82, 2.24) is 0 Å². The van der Waals surface area contributed by atoms with Gasteiger partial charge in [-0.3, -0.25) is 0 Å². The molecule has 0 saturated heterocycles. The van der Waals surface area contributed by atoms with Gasteiger partial charge < -0.3 is 4.74 Å². The zero-order chi connectivity index (χ0) is 17.3. The zero-order valence-electron chi connectivity index (χ0n) is 14.2. The SMILES string of the molecule is [c]1ccc(Oc2ccc(C3C=Cc4cccc5cccc3c45)cc2)cc1. The average Bonchev–Trinajstić information content (AvgIpc) is 2.70. The van der Waals surface area contributed by atoms with Crippen molar-refractivity contribution in [3.63, 3.8) is 0 Å². The van der Waals surface area contributed by atoms with Crippen LogP contribution in [0.4, 0.5) is 0 Å². The molecule has 1 aliphatic carbocycles. The second-order valence-corrected chi connectivity index (χ2v) is 6.54. The summed E-state index contributed by atoms with van der Waals surface area (Å²) < 4.78 is 5.90. The molecule has 26 heavy (non-hydrogen) atoms. The fourth-order valence-corrected chi connectivity index (χ4v) is 3.71. The maximum atomic E-state index is 5.90. The minimum Gasteiger partial charge on any atom is -0.457 e. The molecule has 1 unspecified atom stereocenters. The van der Waals surface area contributed by atoms with Gasteiger partial charge in [0.15, 0.2) is 0 Å². The monoisotopic (exact) mass is 333 g/mol. The molecule has 0 aliphatic heterocycles. The second-order valence-electron chi connectivity index (χ2n) is 6.54. The summed E-state index contributed by atoms with van der Waals surface area (Å²) in [4.78, 5) is 0. The Morgan fingerprint density at radius 3 is 2.27 bits per heavy atom. The van der Waals surface area contributed by atoms with Crippen molar-refractivity contribution in [3.05, 3.63) is 114 Å². The molecule has 0 amide bonds. The summed E-state index contributed by atoms with van der Waals surface area (Å²) in [7, 11) is 0. The molecule has 0 heterocycles. The van der Waals surface area contributed by atoms with Gasteiger partial charge in [0.2, 0.25) is 0 Å². The van der Waals surface area contributed by atoms with Crippen LogP contribution in [0.3, 0.4) is 0 Å². The zero-order valence-corrected chi connectivity index (χ0v) is 14.2. The summed E-state index contributed by atoms with van der Waals surface area (Å²) in [5, 5.41) is 2.67. The summed E-state index contributed by atoms with van der Waals surface area (Å²) in [6.07, 6.45) is 4.53. The van der Waals surface area contributed by atoms with E-state index in [2.05, 4.69) is 66.7 Å². The van der Waals surface area contributed by atoms with Crippen molar-refractivity contribution in [2.24, 2.45) is 0 Å². The summed E-state index contributed by atoms with van der Waals surface area (Å²) in [5.74, 6) is 1.94. The lowest BCUT2D eigenvalue weighted by atomic mass is 9.82. The Kier molecular flexibility index (Phi) is 3.57. The van der Waals surface area contributed by atoms with Crippen LogP contribution in [0.2, 0.25) is 0 Å². The van der Waals surface area contributed by atoms with Crippen LogP contribution in [-0.2, 0) is 0 Å². The molecule has 1 atom stereocenters. The number of rotatable bonds is 3. The molecule has 123 valence electrons. The van der Waals surface area contributed by atoms with Crippen LogP contribution in [-0.4, -0.2) is 0 Å². The van der Waals surface area contributed by atoms with Crippen molar-refractivity contribution >= 4 is 16.8 Å². The standard InChI is InChI=1S/C25H17O/c1-2-9-21(10-3-1)26-22-15-12-18(13-16-22)23-17-14-20-7-4-6-19-8-5-11-24(23)25(19)20/h2-17,23H. The lowest BCUT2D eigenvalue weighted by Gasteiger charge is -2.22. The van der Waals surface area contributed by atoms with Crippen molar-refractivity contribution < 1.29 is 4.74 Å². The molecule has 1 nitrogen and oxygen atoms in total. The number of ether oxygens (including phenoxy) is 1. The highest BCUT2D eigenvalue weighted by Gasteiger charge is 2.18. The summed E-state index contributed by atoms with van der Waals surface area (Å²) in [5.41, 5.74) is 3.94. The van der Waals surface area contributed by atoms with Gasteiger partial charge in [-0.15, -0.1) is 0 Å². The summed E-state index contributed by atoms with van der Waals surface area (Å²) in [6.45, 7) is 0. The van der Waals surface area contributed by atoms with E-state index in [0.29, 0.717) is 0 Å². The van der Waals surface area contributed by atoms with Crippen molar-refractivity contribution in [2.75, 3.05) is 0 Å². The van der Waals surface area contributed by atoms with Gasteiger partial charge in [0.25, 0.3) is 0 Å². The Hall–Kier alpha value is -3.32. The van der Waals surface area contributed by atoms with Crippen LogP contribution >= 0.6 is 0 Å². The number of hydrogen-bond donors (Lipinski definition) is 0. The molecule has 1 heteroatoms. The maximum absolute atomic E-state index is 5.90. The van der Waals surface area contributed by atoms with Crippen LogP contribution in [0.5, 0.6) is 11.5 Å². The molecule has 0 N–H and O–H groups in total. The Morgan fingerprint density at radius 2 is 1.46 bits per heavy atom. The van der Waals surface area contributed by atoms with Crippen LogP contribution in [0, 0.1) is 6.07 Å². The molecule has 0 spiro atoms. The lowest BCUT2D eigenvalue weighted by molar-refractivity contribution is 0.482. The van der Waals surface area contributed by atoms with Crippen LogP contribution in [0.25, 0.3) is 16.8 Å². The highest BCUT2D eigenvalue weighted by molar-refractivity contribution is 5.96. The minimum absolute atomic E-state index is 0.272. The van der Waals surface area contributed by atoms with Gasteiger partial charge >= 0.3 is 0 Å². The second kappa shape index (κ2) is 6.20. The molecule has 5 rings (SSSR count). The van der Waals surface area contributed by atoms with Crippen LogP contribution in [0.15, 0.2) is 91.0 Å². The van der Waals surface area contributed by atoms with E-state index < -0.39 is 0 Å². The average molecular weight is 333 g/mol. The summed E-state index contributed by atoms with van der Waals surface area (Å²) in [6, 6.07) is 32.0. The van der Waals surface area contributed by atoms with E-state index in [-0.39, 0.29) is 5.92 Å². The fraction of sp³-hybridized carbons (Fsp3) is 0.0400. The van der Waals surface area contributed by atoms with Crippen LogP contribution < -0.4 is 4.74 Å². The molecular formula is C25H17O. The Labute approximate surface area is 153 Å². The molecular weight excluding hydrogens is 316 g/mol. The van der Waals surface area contributed by atoms with E-state index in [0.717, 1.165) is 11.5 Å². The highest BCUT2D eigenvalue weighted by atomic mass is 16.5. The molecule has 1 radical (unpaired) electrons. The van der Waals surface area contributed by atoms with Crippen molar-refractivity contribution in [2.45, 2.75) is 5.92 Å². The quantitative estimate of drug-likeness (QED) is 0.411. The Bertz CT molecular complexity index is 1090. The fourth-order valence-electron chi connectivity index (χ4n) is 3.71. The van der Waals surface area contributed by atoms with E-state index in [1.807, 2.05) is 36.4 Å². The number of hydrogen-bond acceptors (Lipinski definition) is 1. The third kappa shape index (κ3) is 2.58. The highest BCUT2D eigenvalue weighted by Crippen LogP contribution is 2.38. The third-order valence-electron chi connectivity index (χ3n) is 4.94. The maximum Gasteiger partial charge on any atom is 0.127 e. The van der Waals surface area contributed by atoms with E-state index in [1.165, 1.54) is 27.5 Å². The molecule has 0 bridgehead atoms. The molecule has 1 aliphatic rings. The van der Waals surface area contributed by atoms with Gasteiger partial charge in [-0.05, 0) is 57.8 Å². The topological polar surface area (TPSA) is 9.23 Å².